The minimum absolute atomic E-state index is 0.446. The summed E-state index contributed by atoms with van der Waals surface area (Å²) < 4.78 is 37.6. The molecule has 84 valence electrons. The molecule has 1 rings (SSSR count). The lowest BCUT2D eigenvalue weighted by atomic mass is 10.0. The van der Waals surface area contributed by atoms with Crippen molar-refractivity contribution in [1.29, 1.82) is 0 Å². The van der Waals surface area contributed by atoms with Crippen LogP contribution in [0.5, 0.6) is 0 Å². The maximum Gasteiger partial charge on any atom is 0.390 e. The van der Waals surface area contributed by atoms with Gasteiger partial charge >= 0.3 is 6.18 Å². The van der Waals surface area contributed by atoms with Gasteiger partial charge in [0.15, 0.2) is 0 Å². The lowest BCUT2D eigenvalue weighted by Crippen LogP contribution is -2.20. The van der Waals surface area contributed by atoms with E-state index >= 15 is 0 Å². The predicted octanol–water partition coefficient (Wildman–Crippen LogP) is 4.16. The van der Waals surface area contributed by atoms with Crippen LogP contribution in [-0.2, 0) is 0 Å². The molecule has 0 fully saturated rings. The number of alkyl halides is 3. The van der Waals surface area contributed by atoms with Gasteiger partial charge in [-0.2, -0.15) is 13.2 Å². The average Bonchev–Trinajstić information content (AvgIpc) is 2.06. The van der Waals surface area contributed by atoms with Gasteiger partial charge in [0.05, 0.1) is 6.42 Å². The summed E-state index contributed by atoms with van der Waals surface area (Å²) in [6, 6.07) is 3.93. The maximum absolute atomic E-state index is 12.1. The summed E-state index contributed by atoms with van der Waals surface area (Å²) in [5.41, 5.74) is 5.93. The smallest absolute Gasteiger partial charge is 0.324 e. The van der Waals surface area contributed by atoms with Gasteiger partial charge in [-0.05, 0) is 23.8 Å². The second kappa shape index (κ2) is 4.84. The second-order valence-corrected chi connectivity index (χ2v) is 4.86. The van der Waals surface area contributed by atoms with Crippen molar-refractivity contribution < 1.29 is 13.2 Å². The molecule has 0 aliphatic heterocycles. The molecule has 1 atom stereocenters. The van der Waals surface area contributed by atoms with Crippen LogP contribution in [0.2, 0.25) is 0 Å². The van der Waals surface area contributed by atoms with E-state index in [2.05, 4.69) is 31.9 Å². The first-order chi connectivity index (χ1) is 6.79. The van der Waals surface area contributed by atoms with E-state index in [0.717, 1.165) is 0 Å². The number of nitrogens with two attached hydrogens (primary N) is 1. The molecule has 2 N–H and O–H groups in total. The summed E-state index contributed by atoms with van der Waals surface area (Å²) in [5.74, 6) is 0. The van der Waals surface area contributed by atoms with Crippen LogP contribution in [-0.4, -0.2) is 6.18 Å². The van der Waals surface area contributed by atoms with E-state index in [-0.39, 0.29) is 0 Å². The van der Waals surface area contributed by atoms with Crippen LogP contribution in [0.1, 0.15) is 18.0 Å². The molecule has 0 heterocycles. The number of hydrogen-bond acceptors (Lipinski definition) is 1. The van der Waals surface area contributed by atoms with Gasteiger partial charge in [-0.1, -0.05) is 31.9 Å². The Morgan fingerprint density at radius 2 is 1.87 bits per heavy atom. The lowest BCUT2D eigenvalue weighted by molar-refractivity contribution is -0.138. The third-order valence-corrected chi connectivity index (χ3v) is 3.02. The SMILES string of the molecule is NC(CC(F)(F)F)c1cc(Br)ccc1Br. The fourth-order valence-corrected chi connectivity index (χ4v) is 2.08. The molecule has 0 bridgehead atoms. The maximum atomic E-state index is 12.1. The molecule has 0 saturated carbocycles. The van der Waals surface area contributed by atoms with Crippen LogP contribution in [0.25, 0.3) is 0 Å². The van der Waals surface area contributed by atoms with Gasteiger partial charge in [-0.15, -0.1) is 0 Å². The molecule has 1 nitrogen and oxygen atoms in total. The van der Waals surface area contributed by atoms with E-state index in [1.54, 1.807) is 18.2 Å². The Morgan fingerprint density at radius 3 is 2.40 bits per heavy atom. The fraction of sp³-hybridized carbons (Fsp3) is 0.333. The molecule has 6 heteroatoms. The van der Waals surface area contributed by atoms with E-state index in [1.807, 2.05) is 0 Å². The molecule has 1 unspecified atom stereocenters. The van der Waals surface area contributed by atoms with E-state index in [1.165, 1.54) is 0 Å². The van der Waals surface area contributed by atoms with Gasteiger partial charge in [0.1, 0.15) is 0 Å². The monoisotopic (exact) mass is 345 g/mol. The molecule has 0 radical (unpaired) electrons. The van der Waals surface area contributed by atoms with Crippen molar-refractivity contribution >= 4 is 31.9 Å². The molecule has 0 spiro atoms. The Balaban J connectivity index is 2.90. The van der Waals surface area contributed by atoms with Crippen LogP contribution in [0.15, 0.2) is 27.1 Å². The fourth-order valence-electron chi connectivity index (χ4n) is 1.16. The van der Waals surface area contributed by atoms with E-state index in [4.69, 9.17) is 5.73 Å². The lowest BCUT2D eigenvalue weighted by Gasteiger charge is -2.16. The molecular weight excluding hydrogens is 339 g/mol. The van der Waals surface area contributed by atoms with Gasteiger partial charge < -0.3 is 5.73 Å². The Hall–Kier alpha value is -0.0700. The van der Waals surface area contributed by atoms with Crippen molar-refractivity contribution in [3.63, 3.8) is 0 Å². The molecule has 0 aliphatic carbocycles. The molecule has 1 aromatic carbocycles. The highest BCUT2D eigenvalue weighted by atomic mass is 79.9. The predicted molar refractivity (Wildman–Crippen MR) is 59.4 cm³/mol. The standard InChI is InChI=1S/C9H8Br2F3N/c10-5-1-2-7(11)6(3-5)8(15)4-9(12,13)14/h1-3,8H,4,15H2. The average molecular weight is 347 g/mol. The van der Waals surface area contributed by atoms with Gasteiger partial charge in [0.25, 0.3) is 0 Å². The summed E-state index contributed by atoms with van der Waals surface area (Å²) in [5, 5.41) is 0. The first kappa shape index (κ1) is 13.0. The number of halogens is 5. The zero-order valence-corrected chi connectivity index (χ0v) is 10.7. The third kappa shape index (κ3) is 4.12. The Kier molecular flexibility index (Phi) is 4.20. The zero-order chi connectivity index (χ0) is 11.6. The molecule has 0 aliphatic rings. The number of rotatable bonds is 2. The zero-order valence-electron chi connectivity index (χ0n) is 7.48. The van der Waals surface area contributed by atoms with Crippen LogP contribution < -0.4 is 5.73 Å². The second-order valence-electron chi connectivity index (χ2n) is 3.09. The first-order valence-electron chi connectivity index (χ1n) is 4.07. The van der Waals surface area contributed by atoms with Gasteiger partial charge in [0.2, 0.25) is 0 Å². The van der Waals surface area contributed by atoms with Crippen molar-refractivity contribution in [3.05, 3.63) is 32.7 Å². The number of benzene rings is 1. The normalized spacial score (nSPS) is 14.0. The molecule has 15 heavy (non-hydrogen) atoms. The van der Waals surface area contributed by atoms with Gasteiger partial charge in [-0.3, -0.25) is 0 Å². The quantitative estimate of drug-likeness (QED) is 0.854. The van der Waals surface area contributed by atoms with E-state index in [9.17, 15) is 13.2 Å². The Morgan fingerprint density at radius 1 is 1.27 bits per heavy atom. The molecule has 0 amide bonds. The molecule has 0 aromatic heterocycles. The van der Waals surface area contributed by atoms with Crippen LogP contribution in [0.3, 0.4) is 0 Å². The summed E-state index contributed by atoms with van der Waals surface area (Å²) in [4.78, 5) is 0. The molecule has 0 saturated heterocycles. The largest absolute Gasteiger partial charge is 0.390 e. The van der Waals surface area contributed by atoms with Crippen molar-refractivity contribution in [3.8, 4) is 0 Å². The summed E-state index contributed by atoms with van der Waals surface area (Å²) in [6.45, 7) is 0. The highest BCUT2D eigenvalue weighted by molar-refractivity contribution is 9.11. The van der Waals surface area contributed by atoms with Crippen molar-refractivity contribution in [2.75, 3.05) is 0 Å². The highest BCUT2D eigenvalue weighted by Gasteiger charge is 2.31. The molecule has 1 aromatic rings. The molecular formula is C9H8Br2F3N. The Labute approximate surface area is 102 Å². The third-order valence-electron chi connectivity index (χ3n) is 1.81. The van der Waals surface area contributed by atoms with Crippen LogP contribution >= 0.6 is 31.9 Å². The summed E-state index contributed by atoms with van der Waals surface area (Å²) in [6.07, 6.45) is -5.27. The first-order valence-corrected chi connectivity index (χ1v) is 5.65. The van der Waals surface area contributed by atoms with Crippen molar-refractivity contribution in [2.24, 2.45) is 5.73 Å². The van der Waals surface area contributed by atoms with Crippen molar-refractivity contribution in [2.45, 2.75) is 18.6 Å². The summed E-state index contributed by atoms with van der Waals surface area (Å²) in [7, 11) is 0. The number of hydrogen-bond donors (Lipinski definition) is 1. The van der Waals surface area contributed by atoms with Gasteiger partial charge in [0, 0.05) is 15.0 Å². The van der Waals surface area contributed by atoms with Gasteiger partial charge in [-0.25, -0.2) is 0 Å². The minimum atomic E-state index is -4.25. The minimum Gasteiger partial charge on any atom is -0.324 e. The highest BCUT2D eigenvalue weighted by Crippen LogP contribution is 2.32. The van der Waals surface area contributed by atoms with Crippen LogP contribution in [0.4, 0.5) is 13.2 Å². The van der Waals surface area contributed by atoms with Crippen LogP contribution in [0, 0.1) is 0 Å². The summed E-state index contributed by atoms with van der Waals surface area (Å²) >= 11 is 6.36. The van der Waals surface area contributed by atoms with Crippen molar-refractivity contribution in [1.82, 2.24) is 0 Å². The topological polar surface area (TPSA) is 26.0 Å². The Bertz CT molecular complexity index is 352. The van der Waals surface area contributed by atoms with E-state index < -0.39 is 18.6 Å². The van der Waals surface area contributed by atoms with E-state index in [0.29, 0.717) is 14.5 Å².